The highest BCUT2D eigenvalue weighted by Crippen LogP contribution is 2.36. The van der Waals surface area contributed by atoms with E-state index in [2.05, 4.69) is 12.2 Å². The van der Waals surface area contributed by atoms with E-state index in [4.69, 9.17) is 0 Å². The first-order valence-electron chi connectivity index (χ1n) is 8.97. The molecule has 1 aliphatic rings. The second-order valence-electron chi connectivity index (χ2n) is 7.00. The summed E-state index contributed by atoms with van der Waals surface area (Å²) >= 11 is 0. The second kappa shape index (κ2) is 8.81. The summed E-state index contributed by atoms with van der Waals surface area (Å²) in [5.74, 6) is -1.80. The first-order chi connectivity index (χ1) is 11.8. The Labute approximate surface area is 146 Å². The normalized spacial score (nSPS) is 21.8. The van der Waals surface area contributed by atoms with Crippen LogP contribution in [0, 0.1) is 23.5 Å². The van der Waals surface area contributed by atoms with E-state index in [0.29, 0.717) is 17.9 Å². The maximum absolute atomic E-state index is 13.6. The molecule has 0 N–H and O–H groups in total. The molecule has 25 heavy (non-hydrogen) atoms. The first kappa shape index (κ1) is 19.9. The van der Waals surface area contributed by atoms with Crippen molar-refractivity contribution in [2.75, 3.05) is 0 Å². The van der Waals surface area contributed by atoms with Crippen molar-refractivity contribution in [3.05, 3.63) is 47.0 Å². The average Bonchev–Trinajstić information content (AvgIpc) is 2.52. The highest BCUT2D eigenvalue weighted by Gasteiger charge is 2.37. The third kappa shape index (κ3) is 5.82. The number of aryl methyl sites for hydroxylation is 1. The summed E-state index contributed by atoms with van der Waals surface area (Å²) in [5.41, 5.74) is -1.49. The molecule has 0 amide bonds. The zero-order valence-corrected chi connectivity index (χ0v) is 14.5. The maximum atomic E-state index is 13.6. The molecule has 5 heteroatoms. The minimum absolute atomic E-state index is 0.304. The van der Waals surface area contributed by atoms with Crippen LogP contribution in [0.4, 0.5) is 22.0 Å². The van der Waals surface area contributed by atoms with E-state index < -0.39 is 23.4 Å². The molecule has 0 saturated heterocycles. The number of halogens is 5. The van der Waals surface area contributed by atoms with E-state index in [1.165, 1.54) is 6.42 Å². The summed E-state index contributed by atoms with van der Waals surface area (Å²) in [6.07, 6.45) is 7.24. The van der Waals surface area contributed by atoms with E-state index in [0.717, 1.165) is 56.6 Å². The monoisotopic (exact) mass is 360 g/mol. The smallest absolute Gasteiger partial charge is 0.206 e. The second-order valence-corrected chi connectivity index (χ2v) is 7.00. The molecule has 2 rings (SSSR count). The minimum atomic E-state index is -5.00. The van der Waals surface area contributed by atoms with Crippen molar-refractivity contribution in [2.24, 2.45) is 11.8 Å². The number of benzene rings is 1. The van der Waals surface area contributed by atoms with Crippen molar-refractivity contribution in [3.8, 4) is 0 Å². The Bertz CT molecular complexity index is 557. The first-order valence-corrected chi connectivity index (χ1v) is 8.97. The van der Waals surface area contributed by atoms with Crippen molar-refractivity contribution in [2.45, 2.75) is 64.5 Å². The van der Waals surface area contributed by atoms with Crippen molar-refractivity contribution in [1.82, 2.24) is 0 Å². The third-order valence-electron chi connectivity index (χ3n) is 5.17. The van der Waals surface area contributed by atoms with Gasteiger partial charge in [0.05, 0.1) is 0 Å². The van der Waals surface area contributed by atoms with E-state index in [1.807, 2.05) is 6.92 Å². The molecule has 0 unspecified atom stereocenters. The molecule has 0 spiro atoms. The van der Waals surface area contributed by atoms with Crippen LogP contribution in [0.25, 0.3) is 0 Å². The lowest BCUT2D eigenvalue weighted by Gasteiger charge is -2.28. The number of rotatable bonds is 6. The standard InChI is InChI=1S/C20H25F5/c1-2-3-4-5-14-6-8-15(9-7-14)10-11-16-12-17(21)19(18(22)13-16)20(23,24)25/h2-3,12-15H,4-11H2,1H3/b3-2+/t14-,15-. The highest BCUT2D eigenvalue weighted by molar-refractivity contribution is 5.28. The molecule has 0 aliphatic heterocycles. The number of hydrogen-bond acceptors (Lipinski definition) is 0. The van der Waals surface area contributed by atoms with Gasteiger partial charge in [0.2, 0.25) is 0 Å². The van der Waals surface area contributed by atoms with Crippen LogP contribution in [0.1, 0.15) is 63.0 Å². The molecular formula is C20H25F5. The number of alkyl halides is 3. The van der Waals surface area contributed by atoms with Crippen molar-refractivity contribution in [1.29, 1.82) is 0 Å². The highest BCUT2D eigenvalue weighted by atomic mass is 19.4. The zero-order chi connectivity index (χ0) is 18.4. The topological polar surface area (TPSA) is 0 Å². The predicted molar refractivity (Wildman–Crippen MR) is 89.2 cm³/mol. The Morgan fingerprint density at radius 1 is 0.960 bits per heavy atom. The van der Waals surface area contributed by atoms with E-state index in [1.54, 1.807) is 0 Å². The van der Waals surface area contributed by atoms with Crippen LogP contribution in [-0.4, -0.2) is 0 Å². The van der Waals surface area contributed by atoms with Crippen LogP contribution in [0.2, 0.25) is 0 Å². The van der Waals surface area contributed by atoms with Crippen molar-refractivity contribution >= 4 is 0 Å². The maximum Gasteiger partial charge on any atom is 0.422 e. The SMILES string of the molecule is C/C=C/CC[C@H]1CC[C@H](CCc2cc(F)c(C(F)(F)F)c(F)c2)CC1. The lowest BCUT2D eigenvalue weighted by molar-refractivity contribution is -0.142. The van der Waals surface area contributed by atoms with Crippen LogP contribution in [0.15, 0.2) is 24.3 Å². The molecule has 0 heterocycles. The summed E-state index contributed by atoms with van der Waals surface area (Å²) in [4.78, 5) is 0. The fourth-order valence-corrected chi connectivity index (χ4v) is 3.72. The van der Waals surface area contributed by atoms with Gasteiger partial charge in [-0.05, 0) is 62.1 Å². The molecule has 0 aromatic heterocycles. The predicted octanol–water partition coefficient (Wildman–Crippen LogP) is 7.08. The summed E-state index contributed by atoms with van der Waals surface area (Å²) in [6, 6.07) is 1.66. The molecule has 1 aliphatic carbocycles. The van der Waals surface area contributed by atoms with E-state index >= 15 is 0 Å². The molecule has 0 bridgehead atoms. The van der Waals surface area contributed by atoms with Gasteiger partial charge in [-0.3, -0.25) is 0 Å². The van der Waals surface area contributed by atoms with Gasteiger partial charge in [0.25, 0.3) is 0 Å². The Morgan fingerprint density at radius 3 is 1.96 bits per heavy atom. The molecular weight excluding hydrogens is 335 g/mol. The van der Waals surface area contributed by atoms with E-state index in [-0.39, 0.29) is 0 Å². The van der Waals surface area contributed by atoms with Crippen molar-refractivity contribution in [3.63, 3.8) is 0 Å². The third-order valence-corrected chi connectivity index (χ3v) is 5.17. The van der Waals surface area contributed by atoms with Gasteiger partial charge >= 0.3 is 6.18 Å². The molecule has 140 valence electrons. The van der Waals surface area contributed by atoms with Crippen LogP contribution < -0.4 is 0 Å². The molecule has 0 nitrogen and oxygen atoms in total. The van der Waals surface area contributed by atoms with Gasteiger partial charge in [0, 0.05) is 0 Å². The lowest BCUT2D eigenvalue weighted by atomic mass is 9.78. The molecule has 1 aromatic carbocycles. The number of hydrogen-bond donors (Lipinski definition) is 0. The Kier molecular flexibility index (Phi) is 7.03. The van der Waals surface area contributed by atoms with Gasteiger partial charge in [-0.1, -0.05) is 37.8 Å². The Hall–Kier alpha value is -1.39. The lowest BCUT2D eigenvalue weighted by Crippen LogP contribution is -2.15. The summed E-state index contributed by atoms with van der Waals surface area (Å²) in [6.45, 7) is 2.02. The van der Waals surface area contributed by atoms with Crippen LogP contribution >= 0.6 is 0 Å². The van der Waals surface area contributed by atoms with E-state index in [9.17, 15) is 22.0 Å². The summed E-state index contributed by atoms with van der Waals surface area (Å²) in [7, 11) is 0. The minimum Gasteiger partial charge on any atom is -0.206 e. The van der Waals surface area contributed by atoms with Crippen LogP contribution in [-0.2, 0) is 12.6 Å². The van der Waals surface area contributed by atoms with Gasteiger partial charge in [0.15, 0.2) is 0 Å². The molecule has 0 atom stereocenters. The van der Waals surface area contributed by atoms with Gasteiger partial charge in [-0.15, -0.1) is 0 Å². The number of allylic oxidation sites excluding steroid dienone is 2. The van der Waals surface area contributed by atoms with Gasteiger partial charge < -0.3 is 0 Å². The fourth-order valence-electron chi connectivity index (χ4n) is 3.72. The average molecular weight is 360 g/mol. The zero-order valence-electron chi connectivity index (χ0n) is 14.5. The Morgan fingerprint density at radius 2 is 1.48 bits per heavy atom. The molecule has 0 radical (unpaired) electrons. The van der Waals surface area contributed by atoms with Crippen molar-refractivity contribution < 1.29 is 22.0 Å². The Balaban J connectivity index is 1.85. The van der Waals surface area contributed by atoms with Crippen LogP contribution in [0.5, 0.6) is 0 Å². The summed E-state index contributed by atoms with van der Waals surface area (Å²) in [5, 5.41) is 0. The quantitative estimate of drug-likeness (QED) is 0.376. The van der Waals surface area contributed by atoms with Gasteiger partial charge in [-0.2, -0.15) is 13.2 Å². The van der Waals surface area contributed by atoms with Crippen LogP contribution in [0.3, 0.4) is 0 Å². The summed E-state index contributed by atoms with van der Waals surface area (Å²) < 4.78 is 65.0. The van der Waals surface area contributed by atoms with Gasteiger partial charge in [0.1, 0.15) is 17.2 Å². The molecule has 1 fully saturated rings. The molecule has 1 aromatic rings. The molecule has 1 saturated carbocycles. The largest absolute Gasteiger partial charge is 0.422 e. The fraction of sp³-hybridized carbons (Fsp3) is 0.600. The van der Waals surface area contributed by atoms with Gasteiger partial charge in [-0.25, -0.2) is 8.78 Å².